The van der Waals surface area contributed by atoms with Crippen LogP contribution >= 0.6 is 0 Å². The van der Waals surface area contributed by atoms with E-state index in [0.29, 0.717) is 17.3 Å². The molecule has 0 spiro atoms. The van der Waals surface area contributed by atoms with E-state index < -0.39 is 0 Å². The fourth-order valence-electron chi connectivity index (χ4n) is 1.09. The zero-order chi connectivity index (χ0) is 9.26. The van der Waals surface area contributed by atoms with E-state index in [9.17, 15) is 0 Å². The molecule has 2 aromatic heterocycles. The molecule has 0 bridgehead atoms. The second-order valence-corrected chi connectivity index (χ2v) is 2.41. The van der Waals surface area contributed by atoms with Gasteiger partial charge in [-0.3, -0.25) is 15.1 Å². The lowest BCUT2D eigenvalue weighted by Gasteiger charge is -2.03. The highest BCUT2D eigenvalue weighted by atomic mass is 16.5. The van der Waals surface area contributed by atoms with Gasteiger partial charge in [0.15, 0.2) is 5.82 Å². The topological polar surface area (TPSA) is 71.7 Å². The lowest BCUT2D eigenvalue weighted by molar-refractivity contribution is 0.376. The maximum Gasteiger partial charge on any atom is 0.260 e. The van der Waals surface area contributed by atoms with Gasteiger partial charge in [0.1, 0.15) is 0 Å². The van der Waals surface area contributed by atoms with Gasteiger partial charge in [0.25, 0.3) is 5.88 Å². The van der Waals surface area contributed by atoms with Gasteiger partial charge >= 0.3 is 0 Å². The van der Waals surface area contributed by atoms with Gasteiger partial charge in [0.05, 0.1) is 13.3 Å². The van der Waals surface area contributed by atoms with Crippen molar-refractivity contribution in [1.82, 2.24) is 14.4 Å². The summed E-state index contributed by atoms with van der Waals surface area (Å²) >= 11 is 0. The van der Waals surface area contributed by atoms with Crippen molar-refractivity contribution in [3.63, 3.8) is 0 Å². The minimum absolute atomic E-state index is 0.308. The molecular weight excluding hydrogens is 172 g/mol. The van der Waals surface area contributed by atoms with Crippen LogP contribution in [0.5, 0.6) is 5.88 Å². The third-order valence-corrected chi connectivity index (χ3v) is 1.65. The van der Waals surface area contributed by atoms with E-state index in [0.717, 1.165) is 0 Å². The Balaban J connectivity index is 2.70. The van der Waals surface area contributed by atoms with Gasteiger partial charge < -0.3 is 4.74 Å². The summed E-state index contributed by atoms with van der Waals surface area (Å²) in [6.07, 6.45) is 4.96. The Hall–Kier alpha value is -1.82. The van der Waals surface area contributed by atoms with Crippen LogP contribution < -0.4 is 10.2 Å². The molecule has 13 heavy (non-hydrogen) atoms. The van der Waals surface area contributed by atoms with Gasteiger partial charge in [0, 0.05) is 12.4 Å². The molecule has 0 aliphatic carbocycles. The molecule has 6 heteroatoms. The number of anilines is 1. The standard InChI is InChI=1S/C7H8N4O2/c1-13-7-6-8-2-3-11(6)4-5(9-7)10-12/h2-4,10,12H,1H3. The van der Waals surface area contributed by atoms with E-state index in [1.807, 2.05) is 5.48 Å². The molecule has 0 radical (unpaired) electrons. The maximum atomic E-state index is 8.65. The Kier molecular flexibility index (Phi) is 1.75. The van der Waals surface area contributed by atoms with Crippen LogP contribution in [0.15, 0.2) is 18.6 Å². The highest BCUT2D eigenvalue weighted by molar-refractivity contribution is 5.53. The number of fused-ring (bicyclic) bond motifs is 1. The third-order valence-electron chi connectivity index (χ3n) is 1.65. The summed E-state index contributed by atoms with van der Waals surface area (Å²) in [6.45, 7) is 0. The van der Waals surface area contributed by atoms with Crippen molar-refractivity contribution in [2.75, 3.05) is 12.6 Å². The first-order valence-corrected chi connectivity index (χ1v) is 3.63. The zero-order valence-corrected chi connectivity index (χ0v) is 6.93. The molecule has 2 heterocycles. The monoisotopic (exact) mass is 180 g/mol. The number of aromatic nitrogens is 3. The van der Waals surface area contributed by atoms with Crippen LogP contribution in [0.25, 0.3) is 5.65 Å². The molecule has 0 aromatic carbocycles. The first-order valence-electron chi connectivity index (χ1n) is 3.63. The molecule has 0 fully saturated rings. The number of hydrogen-bond donors (Lipinski definition) is 2. The molecule has 0 amide bonds. The van der Waals surface area contributed by atoms with Gasteiger partial charge in [-0.1, -0.05) is 0 Å². The van der Waals surface area contributed by atoms with E-state index >= 15 is 0 Å². The van der Waals surface area contributed by atoms with Crippen LogP contribution in [0.3, 0.4) is 0 Å². The van der Waals surface area contributed by atoms with Crippen LogP contribution in [0, 0.1) is 0 Å². The number of rotatable bonds is 2. The molecule has 0 saturated carbocycles. The van der Waals surface area contributed by atoms with Crippen molar-refractivity contribution in [3.8, 4) is 5.88 Å². The predicted octanol–water partition coefficient (Wildman–Crippen LogP) is 0.539. The molecule has 0 saturated heterocycles. The molecule has 0 atom stereocenters. The number of nitrogens with zero attached hydrogens (tertiary/aromatic N) is 3. The third kappa shape index (κ3) is 1.17. The number of hydrogen-bond acceptors (Lipinski definition) is 5. The Morgan fingerprint density at radius 1 is 1.62 bits per heavy atom. The van der Waals surface area contributed by atoms with Crippen molar-refractivity contribution in [3.05, 3.63) is 18.6 Å². The van der Waals surface area contributed by atoms with E-state index in [2.05, 4.69) is 9.97 Å². The summed E-state index contributed by atoms with van der Waals surface area (Å²) in [6, 6.07) is 0. The van der Waals surface area contributed by atoms with Gasteiger partial charge in [0.2, 0.25) is 5.65 Å². The zero-order valence-electron chi connectivity index (χ0n) is 6.93. The Morgan fingerprint density at radius 2 is 2.46 bits per heavy atom. The van der Waals surface area contributed by atoms with Crippen LogP contribution in [0.1, 0.15) is 0 Å². The predicted molar refractivity (Wildman–Crippen MR) is 44.9 cm³/mol. The largest absolute Gasteiger partial charge is 0.478 e. The molecule has 2 N–H and O–H groups in total. The number of methoxy groups -OCH3 is 1. The van der Waals surface area contributed by atoms with E-state index in [1.54, 1.807) is 23.0 Å². The van der Waals surface area contributed by atoms with Crippen molar-refractivity contribution >= 4 is 11.5 Å². The summed E-state index contributed by atoms with van der Waals surface area (Å²) in [7, 11) is 1.50. The average molecular weight is 180 g/mol. The van der Waals surface area contributed by atoms with E-state index in [-0.39, 0.29) is 0 Å². The first-order chi connectivity index (χ1) is 6.35. The highest BCUT2D eigenvalue weighted by Crippen LogP contribution is 2.17. The second kappa shape index (κ2) is 2.91. The molecule has 0 aliphatic rings. The van der Waals surface area contributed by atoms with Crippen molar-refractivity contribution < 1.29 is 9.94 Å². The first kappa shape index (κ1) is 7.81. The summed E-state index contributed by atoms with van der Waals surface area (Å²) in [5, 5.41) is 8.65. The van der Waals surface area contributed by atoms with Crippen molar-refractivity contribution in [2.45, 2.75) is 0 Å². The summed E-state index contributed by atoms with van der Waals surface area (Å²) in [4.78, 5) is 7.97. The molecule has 68 valence electrons. The molecular formula is C7H8N4O2. The smallest absolute Gasteiger partial charge is 0.260 e. The van der Waals surface area contributed by atoms with E-state index in [1.165, 1.54) is 7.11 Å². The quantitative estimate of drug-likeness (QED) is 0.660. The minimum Gasteiger partial charge on any atom is -0.478 e. The van der Waals surface area contributed by atoms with Gasteiger partial charge in [-0.15, -0.1) is 0 Å². The Morgan fingerprint density at radius 3 is 3.15 bits per heavy atom. The van der Waals surface area contributed by atoms with Gasteiger partial charge in [-0.2, -0.15) is 4.98 Å². The van der Waals surface area contributed by atoms with Crippen LogP contribution in [-0.2, 0) is 0 Å². The van der Waals surface area contributed by atoms with Gasteiger partial charge in [-0.05, 0) is 0 Å². The average Bonchev–Trinajstić information content (AvgIpc) is 2.63. The summed E-state index contributed by atoms with van der Waals surface area (Å²) in [5.41, 5.74) is 2.56. The highest BCUT2D eigenvalue weighted by Gasteiger charge is 2.06. The molecule has 2 aromatic rings. The van der Waals surface area contributed by atoms with Crippen molar-refractivity contribution in [2.24, 2.45) is 0 Å². The van der Waals surface area contributed by atoms with Crippen LogP contribution in [0.2, 0.25) is 0 Å². The Labute approximate surface area is 73.8 Å². The SMILES string of the molecule is COc1nc(NO)cn2ccnc12. The molecule has 0 unspecified atom stereocenters. The lowest BCUT2D eigenvalue weighted by atomic mass is 10.6. The van der Waals surface area contributed by atoms with Crippen LogP contribution in [-0.4, -0.2) is 26.7 Å². The number of nitrogens with one attached hydrogen (secondary N) is 1. The molecule has 6 nitrogen and oxygen atoms in total. The molecule has 2 rings (SSSR count). The Bertz CT molecular complexity index is 425. The fourth-order valence-corrected chi connectivity index (χ4v) is 1.09. The fraction of sp³-hybridized carbons (Fsp3) is 0.143. The number of ether oxygens (including phenoxy) is 1. The molecule has 0 aliphatic heterocycles. The van der Waals surface area contributed by atoms with Gasteiger partial charge in [-0.25, -0.2) is 4.98 Å². The summed E-state index contributed by atoms with van der Waals surface area (Å²) in [5.74, 6) is 0.673. The minimum atomic E-state index is 0.308. The lowest BCUT2D eigenvalue weighted by Crippen LogP contribution is -1.99. The second-order valence-electron chi connectivity index (χ2n) is 2.41. The number of imidazole rings is 1. The maximum absolute atomic E-state index is 8.65. The normalized spacial score (nSPS) is 10.3. The van der Waals surface area contributed by atoms with E-state index in [4.69, 9.17) is 9.94 Å². The van der Waals surface area contributed by atoms with Crippen molar-refractivity contribution in [1.29, 1.82) is 0 Å². The summed E-state index contributed by atoms with van der Waals surface area (Å²) < 4.78 is 6.68. The van der Waals surface area contributed by atoms with Crippen LogP contribution in [0.4, 0.5) is 5.82 Å².